The summed E-state index contributed by atoms with van der Waals surface area (Å²) in [5.41, 5.74) is 1.81. The molecule has 0 bridgehead atoms. The Kier molecular flexibility index (Phi) is 4.69. The van der Waals surface area contributed by atoms with E-state index in [4.69, 9.17) is 4.74 Å². The molecule has 106 valence electrons. The van der Waals surface area contributed by atoms with Crippen LogP contribution in [0.4, 0.5) is 4.39 Å². The Hall–Kier alpha value is -1.94. The third-order valence-electron chi connectivity index (χ3n) is 3.01. The van der Waals surface area contributed by atoms with Crippen molar-refractivity contribution in [2.24, 2.45) is 0 Å². The van der Waals surface area contributed by atoms with Gasteiger partial charge in [-0.25, -0.2) is 9.37 Å². The number of hydrogen-bond acceptors (Lipinski definition) is 3. The van der Waals surface area contributed by atoms with Gasteiger partial charge in [-0.15, -0.1) is 0 Å². The zero-order valence-corrected chi connectivity index (χ0v) is 12.0. The fraction of sp³-hybridized carbons (Fsp3) is 0.312. The first-order valence-electron chi connectivity index (χ1n) is 6.67. The summed E-state index contributed by atoms with van der Waals surface area (Å²) in [6.45, 7) is 4.72. The summed E-state index contributed by atoms with van der Waals surface area (Å²) < 4.78 is 19.2. The first kappa shape index (κ1) is 14.5. The van der Waals surface area contributed by atoms with Crippen LogP contribution in [0.25, 0.3) is 0 Å². The quantitative estimate of drug-likeness (QED) is 0.899. The fourth-order valence-corrected chi connectivity index (χ4v) is 2.03. The van der Waals surface area contributed by atoms with Crippen molar-refractivity contribution >= 4 is 0 Å². The van der Waals surface area contributed by atoms with Gasteiger partial charge in [-0.05, 0) is 30.7 Å². The highest BCUT2D eigenvalue weighted by Gasteiger charge is 2.12. The van der Waals surface area contributed by atoms with E-state index in [0.29, 0.717) is 23.9 Å². The van der Waals surface area contributed by atoms with Gasteiger partial charge in [0, 0.05) is 12.1 Å². The molecule has 0 aliphatic rings. The van der Waals surface area contributed by atoms with Crippen LogP contribution in [0.1, 0.15) is 30.9 Å². The van der Waals surface area contributed by atoms with Crippen LogP contribution in [0, 0.1) is 5.82 Å². The first-order chi connectivity index (χ1) is 9.61. The van der Waals surface area contributed by atoms with Gasteiger partial charge in [-0.2, -0.15) is 0 Å². The number of halogens is 1. The number of aromatic nitrogens is 1. The monoisotopic (exact) mass is 274 g/mol. The SMILES string of the molecule is CNCc1cc(F)cnc1Oc1ccccc1C(C)C. The van der Waals surface area contributed by atoms with Crippen molar-refractivity contribution in [3.05, 3.63) is 53.5 Å². The number of pyridine rings is 1. The Labute approximate surface area is 118 Å². The maximum absolute atomic E-state index is 13.3. The van der Waals surface area contributed by atoms with E-state index in [2.05, 4.69) is 24.1 Å². The van der Waals surface area contributed by atoms with Gasteiger partial charge in [0.15, 0.2) is 0 Å². The highest BCUT2D eigenvalue weighted by Crippen LogP contribution is 2.31. The van der Waals surface area contributed by atoms with Crippen LogP contribution < -0.4 is 10.1 Å². The lowest BCUT2D eigenvalue weighted by molar-refractivity contribution is 0.442. The number of ether oxygens (including phenoxy) is 1. The van der Waals surface area contributed by atoms with Crippen molar-refractivity contribution < 1.29 is 9.13 Å². The van der Waals surface area contributed by atoms with E-state index in [1.807, 2.05) is 24.3 Å². The van der Waals surface area contributed by atoms with E-state index in [0.717, 1.165) is 11.3 Å². The highest BCUT2D eigenvalue weighted by molar-refractivity contribution is 5.39. The molecule has 1 N–H and O–H groups in total. The molecule has 4 heteroatoms. The summed E-state index contributed by atoms with van der Waals surface area (Å²) in [5, 5.41) is 2.99. The smallest absolute Gasteiger partial charge is 0.223 e. The molecular formula is C16H19FN2O. The standard InChI is InChI=1S/C16H19FN2O/c1-11(2)14-6-4-5-7-15(14)20-16-12(9-18-3)8-13(17)10-19-16/h4-8,10-11,18H,9H2,1-3H3. The normalized spacial score (nSPS) is 10.8. The van der Waals surface area contributed by atoms with Gasteiger partial charge in [0.2, 0.25) is 5.88 Å². The lowest BCUT2D eigenvalue weighted by Crippen LogP contribution is -2.08. The predicted octanol–water partition coefficient (Wildman–Crippen LogP) is 3.86. The van der Waals surface area contributed by atoms with Gasteiger partial charge in [0.05, 0.1) is 6.20 Å². The molecule has 0 saturated heterocycles. The molecule has 1 heterocycles. The van der Waals surface area contributed by atoms with Crippen LogP contribution in [0.15, 0.2) is 36.5 Å². The fourth-order valence-electron chi connectivity index (χ4n) is 2.03. The van der Waals surface area contributed by atoms with Crippen molar-refractivity contribution in [3.8, 4) is 11.6 Å². The van der Waals surface area contributed by atoms with E-state index < -0.39 is 0 Å². The Morgan fingerprint density at radius 2 is 2.05 bits per heavy atom. The number of nitrogens with one attached hydrogen (secondary N) is 1. The first-order valence-corrected chi connectivity index (χ1v) is 6.67. The van der Waals surface area contributed by atoms with Crippen molar-refractivity contribution in [2.75, 3.05) is 7.05 Å². The van der Waals surface area contributed by atoms with E-state index in [1.54, 1.807) is 7.05 Å². The van der Waals surface area contributed by atoms with Crippen molar-refractivity contribution in [1.29, 1.82) is 0 Å². The molecule has 1 aromatic heterocycles. The summed E-state index contributed by atoms with van der Waals surface area (Å²) in [6.07, 6.45) is 1.17. The topological polar surface area (TPSA) is 34.2 Å². The number of nitrogens with zero attached hydrogens (tertiary/aromatic N) is 1. The highest BCUT2D eigenvalue weighted by atomic mass is 19.1. The average Bonchev–Trinajstić information content (AvgIpc) is 2.42. The van der Waals surface area contributed by atoms with Gasteiger partial charge >= 0.3 is 0 Å². The lowest BCUT2D eigenvalue weighted by Gasteiger charge is -2.15. The number of benzene rings is 1. The molecule has 0 fully saturated rings. The molecule has 20 heavy (non-hydrogen) atoms. The van der Waals surface area contributed by atoms with Crippen LogP contribution in [0.2, 0.25) is 0 Å². The molecule has 0 spiro atoms. The van der Waals surface area contributed by atoms with Crippen molar-refractivity contribution in [2.45, 2.75) is 26.3 Å². The zero-order valence-electron chi connectivity index (χ0n) is 12.0. The molecule has 1 aromatic carbocycles. The summed E-state index contributed by atoms with van der Waals surface area (Å²) >= 11 is 0. The number of hydrogen-bond donors (Lipinski definition) is 1. The predicted molar refractivity (Wildman–Crippen MR) is 77.6 cm³/mol. The van der Waals surface area contributed by atoms with E-state index in [-0.39, 0.29) is 5.82 Å². The van der Waals surface area contributed by atoms with Crippen LogP contribution in [0.5, 0.6) is 11.6 Å². The summed E-state index contributed by atoms with van der Waals surface area (Å²) in [4.78, 5) is 4.06. The molecule has 0 aliphatic heterocycles. The summed E-state index contributed by atoms with van der Waals surface area (Å²) in [7, 11) is 1.80. The van der Waals surface area contributed by atoms with Crippen LogP contribution >= 0.6 is 0 Å². The molecule has 0 aliphatic carbocycles. The molecule has 2 aromatic rings. The van der Waals surface area contributed by atoms with Gasteiger partial charge in [0.1, 0.15) is 11.6 Å². The molecule has 0 amide bonds. The summed E-state index contributed by atoms with van der Waals surface area (Å²) in [6, 6.07) is 9.28. The number of rotatable bonds is 5. The second-order valence-corrected chi connectivity index (χ2v) is 4.94. The third kappa shape index (κ3) is 3.33. The summed E-state index contributed by atoms with van der Waals surface area (Å²) in [5.74, 6) is 1.19. The van der Waals surface area contributed by atoms with Gasteiger partial charge in [-0.3, -0.25) is 0 Å². The van der Waals surface area contributed by atoms with E-state index in [9.17, 15) is 4.39 Å². The Morgan fingerprint density at radius 3 is 2.75 bits per heavy atom. The zero-order chi connectivity index (χ0) is 14.5. The minimum atomic E-state index is -0.361. The maximum Gasteiger partial charge on any atom is 0.223 e. The van der Waals surface area contributed by atoms with E-state index in [1.165, 1.54) is 12.3 Å². The Balaban J connectivity index is 2.35. The van der Waals surface area contributed by atoms with Gasteiger partial charge in [-0.1, -0.05) is 32.0 Å². The Morgan fingerprint density at radius 1 is 1.30 bits per heavy atom. The minimum Gasteiger partial charge on any atom is -0.438 e. The maximum atomic E-state index is 13.3. The van der Waals surface area contributed by atoms with Crippen molar-refractivity contribution in [1.82, 2.24) is 10.3 Å². The molecular weight excluding hydrogens is 255 g/mol. The molecule has 2 rings (SSSR count). The largest absolute Gasteiger partial charge is 0.438 e. The van der Waals surface area contributed by atoms with Crippen LogP contribution in [-0.2, 0) is 6.54 Å². The molecule has 0 unspecified atom stereocenters. The van der Waals surface area contributed by atoms with Crippen molar-refractivity contribution in [3.63, 3.8) is 0 Å². The van der Waals surface area contributed by atoms with Crippen LogP contribution in [0.3, 0.4) is 0 Å². The second-order valence-electron chi connectivity index (χ2n) is 4.94. The van der Waals surface area contributed by atoms with E-state index >= 15 is 0 Å². The molecule has 0 saturated carbocycles. The average molecular weight is 274 g/mol. The Bertz CT molecular complexity index is 584. The van der Waals surface area contributed by atoms with Gasteiger partial charge < -0.3 is 10.1 Å². The van der Waals surface area contributed by atoms with Gasteiger partial charge in [0.25, 0.3) is 0 Å². The third-order valence-corrected chi connectivity index (χ3v) is 3.01. The number of para-hydroxylation sites is 1. The molecule has 0 radical (unpaired) electrons. The van der Waals surface area contributed by atoms with Crippen LogP contribution in [-0.4, -0.2) is 12.0 Å². The second kappa shape index (κ2) is 6.48. The molecule has 0 atom stereocenters. The lowest BCUT2D eigenvalue weighted by atomic mass is 10.0. The molecule has 3 nitrogen and oxygen atoms in total. The minimum absolute atomic E-state index is 0.347.